The zero-order chi connectivity index (χ0) is 13.2. The van der Waals surface area contributed by atoms with Crippen LogP contribution in [0.4, 0.5) is 0 Å². The second-order valence-corrected chi connectivity index (χ2v) is 4.05. The highest BCUT2D eigenvalue weighted by Crippen LogP contribution is 2.12. The molecular formula is C14H21NO3. The van der Waals surface area contributed by atoms with Gasteiger partial charge in [-0.3, -0.25) is 4.79 Å². The van der Waals surface area contributed by atoms with Crippen molar-refractivity contribution in [1.82, 2.24) is 5.32 Å². The summed E-state index contributed by atoms with van der Waals surface area (Å²) < 4.78 is 5.62. The van der Waals surface area contributed by atoms with Crippen LogP contribution in [0.15, 0.2) is 30.3 Å². The molecule has 0 bridgehead atoms. The van der Waals surface area contributed by atoms with Crippen LogP contribution in [0.5, 0.6) is 5.75 Å². The predicted octanol–water partition coefficient (Wildman–Crippen LogP) is 1.73. The number of unbranched alkanes of at least 4 members (excludes halogenated alkanes) is 1. The Morgan fingerprint density at radius 3 is 2.67 bits per heavy atom. The summed E-state index contributed by atoms with van der Waals surface area (Å²) in [5.41, 5.74) is 0. The molecule has 0 aliphatic carbocycles. The summed E-state index contributed by atoms with van der Waals surface area (Å²) in [4.78, 5) is 11.8. The third kappa shape index (κ3) is 5.19. The highest BCUT2D eigenvalue weighted by atomic mass is 16.5. The quantitative estimate of drug-likeness (QED) is 0.692. The molecule has 18 heavy (non-hydrogen) atoms. The molecule has 4 nitrogen and oxygen atoms in total. The van der Waals surface area contributed by atoms with Gasteiger partial charge >= 0.3 is 0 Å². The van der Waals surface area contributed by atoms with Crippen molar-refractivity contribution in [3.63, 3.8) is 0 Å². The molecule has 1 unspecified atom stereocenters. The van der Waals surface area contributed by atoms with Crippen molar-refractivity contribution >= 4 is 5.91 Å². The maximum atomic E-state index is 11.8. The van der Waals surface area contributed by atoms with Gasteiger partial charge in [-0.2, -0.15) is 0 Å². The second-order valence-electron chi connectivity index (χ2n) is 4.05. The Hall–Kier alpha value is -1.55. The summed E-state index contributed by atoms with van der Waals surface area (Å²) in [7, 11) is 0. The molecule has 1 aromatic rings. The predicted molar refractivity (Wildman–Crippen MR) is 70.5 cm³/mol. The van der Waals surface area contributed by atoms with Crippen LogP contribution in [0.1, 0.15) is 26.2 Å². The van der Waals surface area contributed by atoms with Crippen LogP contribution in [0.3, 0.4) is 0 Å². The molecule has 0 saturated carbocycles. The molecule has 4 heteroatoms. The van der Waals surface area contributed by atoms with E-state index in [1.807, 2.05) is 37.3 Å². The van der Waals surface area contributed by atoms with Crippen LogP contribution in [0.2, 0.25) is 0 Å². The number of nitrogens with one attached hydrogen (secondary N) is 1. The van der Waals surface area contributed by atoms with Gasteiger partial charge in [-0.25, -0.2) is 0 Å². The molecule has 100 valence electrons. The van der Waals surface area contributed by atoms with E-state index in [4.69, 9.17) is 9.84 Å². The average Bonchev–Trinajstić information content (AvgIpc) is 2.42. The van der Waals surface area contributed by atoms with Gasteiger partial charge < -0.3 is 15.2 Å². The van der Waals surface area contributed by atoms with Gasteiger partial charge in [-0.15, -0.1) is 0 Å². The van der Waals surface area contributed by atoms with Gasteiger partial charge in [-0.1, -0.05) is 25.1 Å². The Bertz CT molecular complexity index is 340. The molecule has 0 aliphatic rings. The average molecular weight is 251 g/mol. The molecule has 1 aromatic carbocycles. The maximum Gasteiger partial charge on any atom is 0.261 e. The van der Waals surface area contributed by atoms with Gasteiger partial charge in [0.05, 0.1) is 0 Å². The Kier molecular flexibility index (Phi) is 6.87. The first kappa shape index (κ1) is 14.5. The standard InChI is InChI=1S/C14H21NO3/c1-2-13(14(17)15-10-6-7-11-16)18-12-8-4-3-5-9-12/h3-5,8-9,13,16H,2,6-7,10-11H2,1H3,(H,15,17). The van der Waals surface area contributed by atoms with Crippen molar-refractivity contribution in [2.75, 3.05) is 13.2 Å². The lowest BCUT2D eigenvalue weighted by Crippen LogP contribution is -2.38. The first-order chi connectivity index (χ1) is 8.77. The zero-order valence-electron chi connectivity index (χ0n) is 10.8. The van der Waals surface area contributed by atoms with E-state index in [9.17, 15) is 4.79 Å². The Balaban J connectivity index is 2.38. The molecule has 1 atom stereocenters. The van der Waals surface area contributed by atoms with Crippen molar-refractivity contribution in [3.8, 4) is 5.75 Å². The van der Waals surface area contributed by atoms with E-state index in [1.54, 1.807) is 0 Å². The van der Waals surface area contributed by atoms with Crippen molar-refractivity contribution in [2.24, 2.45) is 0 Å². The monoisotopic (exact) mass is 251 g/mol. The summed E-state index contributed by atoms with van der Waals surface area (Å²) in [6, 6.07) is 9.33. The van der Waals surface area contributed by atoms with Crippen LogP contribution in [0.25, 0.3) is 0 Å². The van der Waals surface area contributed by atoms with Crippen LogP contribution in [0, 0.1) is 0 Å². The molecule has 0 aromatic heterocycles. The van der Waals surface area contributed by atoms with Gasteiger partial charge in [0.15, 0.2) is 6.10 Å². The summed E-state index contributed by atoms with van der Waals surface area (Å²) in [6.45, 7) is 2.66. The van der Waals surface area contributed by atoms with E-state index in [1.165, 1.54) is 0 Å². The van der Waals surface area contributed by atoms with Crippen molar-refractivity contribution in [1.29, 1.82) is 0 Å². The number of hydrogen-bond acceptors (Lipinski definition) is 3. The minimum absolute atomic E-state index is 0.0979. The number of aliphatic hydroxyl groups is 1. The molecule has 0 saturated heterocycles. The Labute approximate surface area is 108 Å². The third-order valence-electron chi connectivity index (χ3n) is 2.57. The molecule has 0 aliphatic heterocycles. The van der Waals surface area contributed by atoms with E-state index in [-0.39, 0.29) is 12.5 Å². The van der Waals surface area contributed by atoms with Gasteiger partial charge in [0.25, 0.3) is 5.91 Å². The summed E-state index contributed by atoms with van der Waals surface area (Å²) in [5, 5.41) is 11.5. The topological polar surface area (TPSA) is 58.6 Å². The second kappa shape index (κ2) is 8.53. The smallest absolute Gasteiger partial charge is 0.261 e. The van der Waals surface area contributed by atoms with Gasteiger partial charge in [0.2, 0.25) is 0 Å². The Morgan fingerprint density at radius 2 is 2.06 bits per heavy atom. The number of aliphatic hydroxyl groups excluding tert-OH is 1. The van der Waals surface area contributed by atoms with E-state index in [2.05, 4.69) is 5.32 Å². The number of amides is 1. The molecule has 0 heterocycles. The summed E-state index contributed by atoms with van der Waals surface area (Å²) in [5.74, 6) is 0.606. The first-order valence-electron chi connectivity index (χ1n) is 6.38. The third-order valence-corrected chi connectivity index (χ3v) is 2.57. The number of ether oxygens (including phenoxy) is 1. The molecule has 1 rings (SSSR count). The van der Waals surface area contributed by atoms with Crippen LogP contribution in [-0.2, 0) is 4.79 Å². The minimum atomic E-state index is -0.457. The lowest BCUT2D eigenvalue weighted by molar-refractivity contribution is -0.128. The highest BCUT2D eigenvalue weighted by Gasteiger charge is 2.17. The van der Waals surface area contributed by atoms with E-state index < -0.39 is 6.10 Å². The first-order valence-corrected chi connectivity index (χ1v) is 6.38. The van der Waals surface area contributed by atoms with Gasteiger partial charge in [0.1, 0.15) is 5.75 Å². The molecule has 2 N–H and O–H groups in total. The number of benzene rings is 1. The minimum Gasteiger partial charge on any atom is -0.481 e. The van der Waals surface area contributed by atoms with Crippen molar-refractivity contribution < 1.29 is 14.6 Å². The van der Waals surface area contributed by atoms with Gasteiger partial charge in [-0.05, 0) is 31.4 Å². The lowest BCUT2D eigenvalue weighted by atomic mass is 10.2. The molecule has 0 radical (unpaired) electrons. The molecular weight excluding hydrogens is 230 g/mol. The number of para-hydroxylation sites is 1. The van der Waals surface area contributed by atoms with Crippen LogP contribution in [-0.4, -0.2) is 30.3 Å². The largest absolute Gasteiger partial charge is 0.481 e. The number of hydrogen-bond donors (Lipinski definition) is 2. The van der Waals surface area contributed by atoms with Crippen LogP contribution < -0.4 is 10.1 Å². The maximum absolute atomic E-state index is 11.8. The van der Waals surface area contributed by atoms with E-state index in [0.29, 0.717) is 25.1 Å². The molecule has 0 fully saturated rings. The fourth-order valence-electron chi connectivity index (χ4n) is 1.55. The van der Waals surface area contributed by atoms with Crippen molar-refractivity contribution in [2.45, 2.75) is 32.3 Å². The molecule has 0 spiro atoms. The zero-order valence-corrected chi connectivity index (χ0v) is 10.8. The summed E-state index contributed by atoms with van der Waals surface area (Å²) in [6.07, 6.45) is 1.66. The number of rotatable bonds is 8. The van der Waals surface area contributed by atoms with Gasteiger partial charge in [0, 0.05) is 13.2 Å². The number of carbonyl (C=O) groups excluding carboxylic acids is 1. The fraction of sp³-hybridized carbons (Fsp3) is 0.500. The van der Waals surface area contributed by atoms with E-state index >= 15 is 0 Å². The highest BCUT2D eigenvalue weighted by molar-refractivity contribution is 5.81. The summed E-state index contributed by atoms with van der Waals surface area (Å²) >= 11 is 0. The molecule has 1 amide bonds. The number of carbonyl (C=O) groups is 1. The van der Waals surface area contributed by atoms with E-state index in [0.717, 1.165) is 6.42 Å². The SMILES string of the molecule is CCC(Oc1ccccc1)C(=O)NCCCCO. The lowest BCUT2D eigenvalue weighted by Gasteiger charge is -2.17. The normalized spacial score (nSPS) is 11.9. The Morgan fingerprint density at radius 1 is 1.33 bits per heavy atom. The van der Waals surface area contributed by atoms with Crippen molar-refractivity contribution in [3.05, 3.63) is 30.3 Å². The van der Waals surface area contributed by atoms with Crippen LogP contribution >= 0.6 is 0 Å². The fourth-order valence-corrected chi connectivity index (χ4v) is 1.55.